The number of carbonyl (C=O) groups is 1. The number of nitrogens with zero attached hydrogens (tertiary/aromatic N) is 1. The van der Waals surface area contributed by atoms with E-state index in [1.807, 2.05) is 18.2 Å². The first kappa shape index (κ1) is 16.0. The molecule has 0 spiro atoms. The quantitative estimate of drug-likeness (QED) is 0.742. The summed E-state index contributed by atoms with van der Waals surface area (Å²) in [4.78, 5) is 13.7. The number of rotatable bonds is 5. The Bertz CT molecular complexity index is 619. The van der Waals surface area contributed by atoms with Gasteiger partial charge < -0.3 is 20.4 Å². The number of benzene rings is 2. The van der Waals surface area contributed by atoms with Crippen molar-refractivity contribution in [3.63, 3.8) is 0 Å². The molecule has 2 unspecified atom stereocenters. The Morgan fingerprint density at radius 1 is 1.00 bits per heavy atom. The van der Waals surface area contributed by atoms with Crippen molar-refractivity contribution in [2.24, 2.45) is 0 Å². The number of nitrogens with one attached hydrogen (secondary N) is 1. The highest BCUT2D eigenvalue weighted by atomic mass is 16.3. The van der Waals surface area contributed by atoms with Crippen LogP contribution in [0.3, 0.4) is 0 Å². The van der Waals surface area contributed by atoms with Crippen molar-refractivity contribution in [2.45, 2.75) is 26.3 Å². The maximum atomic E-state index is 12.3. The van der Waals surface area contributed by atoms with Crippen molar-refractivity contribution < 1.29 is 15.0 Å². The maximum absolute atomic E-state index is 12.3. The molecule has 0 heterocycles. The summed E-state index contributed by atoms with van der Waals surface area (Å²) in [6, 6.07) is 15.9. The van der Waals surface area contributed by atoms with Gasteiger partial charge in [-0.25, -0.2) is 0 Å². The van der Waals surface area contributed by atoms with Crippen molar-refractivity contribution >= 4 is 17.3 Å². The zero-order valence-electron chi connectivity index (χ0n) is 12.6. The highest BCUT2D eigenvalue weighted by Gasteiger charge is 2.18. The standard InChI is InChI=1S/C17H20N2O3/c1-12(20)19(13(2)21)16-10-6-7-14(11-16)17(22)18-15-8-4-3-5-9-15/h3-13,20-21H,1-2H3,(H,18,22). The van der Waals surface area contributed by atoms with Crippen LogP contribution >= 0.6 is 0 Å². The summed E-state index contributed by atoms with van der Waals surface area (Å²) >= 11 is 0. The third-order valence-corrected chi connectivity index (χ3v) is 3.24. The molecule has 0 aliphatic carbocycles. The molecule has 0 aliphatic heterocycles. The summed E-state index contributed by atoms with van der Waals surface area (Å²) in [6.45, 7) is 3.12. The Morgan fingerprint density at radius 3 is 2.23 bits per heavy atom. The van der Waals surface area contributed by atoms with Crippen LogP contribution in [-0.2, 0) is 0 Å². The molecule has 2 aromatic carbocycles. The lowest BCUT2D eigenvalue weighted by Crippen LogP contribution is -2.40. The number of aliphatic hydroxyl groups is 2. The van der Waals surface area contributed by atoms with Gasteiger partial charge in [-0.15, -0.1) is 0 Å². The van der Waals surface area contributed by atoms with Crippen LogP contribution in [0.5, 0.6) is 0 Å². The van der Waals surface area contributed by atoms with E-state index in [1.54, 1.807) is 50.2 Å². The van der Waals surface area contributed by atoms with Crippen LogP contribution in [0.1, 0.15) is 24.2 Å². The minimum absolute atomic E-state index is 0.246. The molecule has 0 bridgehead atoms. The van der Waals surface area contributed by atoms with Gasteiger partial charge in [0, 0.05) is 16.9 Å². The summed E-state index contributed by atoms with van der Waals surface area (Å²) in [5.74, 6) is -0.246. The van der Waals surface area contributed by atoms with E-state index in [0.717, 1.165) is 0 Å². The largest absolute Gasteiger partial charge is 0.374 e. The van der Waals surface area contributed by atoms with Gasteiger partial charge in [-0.2, -0.15) is 0 Å². The topological polar surface area (TPSA) is 72.8 Å². The van der Waals surface area contributed by atoms with Gasteiger partial charge in [0.1, 0.15) is 12.5 Å². The van der Waals surface area contributed by atoms with E-state index in [1.165, 1.54) is 4.90 Å². The van der Waals surface area contributed by atoms with E-state index >= 15 is 0 Å². The zero-order chi connectivity index (χ0) is 16.1. The second-order valence-electron chi connectivity index (χ2n) is 5.04. The normalized spacial score (nSPS) is 13.3. The zero-order valence-corrected chi connectivity index (χ0v) is 12.6. The van der Waals surface area contributed by atoms with Crippen molar-refractivity contribution in [2.75, 3.05) is 10.2 Å². The Labute approximate surface area is 129 Å². The van der Waals surface area contributed by atoms with Gasteiger partial charge in [0.2, 0.25) is 0 Å². The summed E-state index contributed by atoms with van der Waals surface area (Å²) in [6.07, 6.45) is -1.74. The molecule has 5 nitrogen and oxygen atoms in total. The van der Waals surface area contributed by atoms with Crippen LogP contribution in [0.4, 0.5) is 11.4 Å². The predicted octanol–water partition coefficient (Wildman–Crippen LogP) is 2.42. The monoisotopic (exact) mass is 300 g/mol. The molecule has 22 heavy (non-hydrogen) atoms. The van der Waals surface area contributed by atoms with E-state index in [0.29, 0.717) is 16.9 Å². The third-order valence-electron chi connectivity index (χ3n) is 3.24. The fourth-order valence-electron chi connectivity index (χ4n) is 2.28. The van der Waals surface area contributed by atoms with Crippen LogP contribution in [-0.4, -0.2) is 28.6 Å². The number of aliphatic hydroxyl groups excluding tert-OH is 2. The molecule has 0 saturated carbocycles. The van der Waals surface area contributed by atoms with Gasteiger partial charge in [0.05, 0.1) is 0 Å². The lowest BCUT2D eigenvalue weighted by atomic mass is 10.1. The average Bonchev–Trinajstić information content (AvgIpc) is 2.48. The van der Waals surface area contributed by atoms with Crippen molar-refractivity contribution in [1.82, 2.24) is 0 Å². The molecule has 3 N–H and O–H groups in total. The molecule has 2 atom stereocenters. The maximum Gasteiger partial charge on any atom is 0.255 e. The second kappa shape index (κ2) is 7.06. The Morgan fingerprint density at radius 2 is 1.64 bits per heavy atom. The third kappa shape index (κ3) is 3.84. The van der Waals surface area contributed by atoms with Crippen LogP contribution in [0.15, 0.2) is 54.6 Å². The Kier molecular flexibility index (Phi) is 5.14. The molecule has 2 aromatic rings. The number of carbonyl (C=O) groups excluding carboxylic acids is 1. The molecule has 0 radical (unpaired) electrons. The Hall–Kier alpha value is -2.37. The van der Waals surface area contributed by atoms with Gasteiger partial charge in [-0.1, -0.05) is 24.3 Å². The lowest BCUT2D eigenvalue weighted by Gasteiger charge is -2.30. The fraction of sp³-hybridized carbons (Fsp3) is 0.235. The number of para-hydroxylation sites is 1. The molecule has 0 aliphatic rings. The van der Waals surface area contributed by atoms with E-state index in [4.69, 9.17) is 0 Å². The number of hydrogen-bond donors (Lipinski definition) is 3. The van der Waals surface area contributed by atoms with Gasteiger partial charge in [-0.3, -0.25) is 4.79 Å². The smallest absolute Gasteiger partial charge is 0.255 e. The molecule has 116 valence electrons. The van der Waals surface area contributed by atoms with E-state index in [2.05, 4.69) is 5.32 Å². The van der Waals surface area contributed by atoms with Crippen LogP contribution in [0, 0.1) is 0 Å². The summed E-state index contributed by atoms with van der Waals surface area (Å²) in [5.41, 5.74) is 1.74. The van der Waals surface area contributed by atoms with Crippen molar-refractivity contribution in [3.05, 3.63) is 60.2 Å². The van der Waals surface area contributed by atoms with Crippen LogP contribution < -0.4 is 10.2 Å². The van der Waals surface area contributed by atoms with Gasteiger partial charge in [-0.05, 0) is 44.2 Å². The summed E-state index contributed by atoms with van der Waals surface area (Å²) < 4.78 is 0. The fourth-order valence-corrected chi connectivity index (χ4v) is 2.28. The first-order chi connectivity index (χ1) is 10.5. The van der Waals surface area contributed by atoms with Crippen LogP contribution in [0.2, 0.25) is 0 Å². The van der Waals surface area contributed by atoms with Gasteiger partial charge in [0.15, 0.2) is 0 Å². The SMILES string of the molecule is CC(O)N(c1cccc(C(=O)Nc2ccccc2)c1)C(C)O. The van der Waals surface area contributed by atoms with E-state index in [9.17, 15) is 15.0 Å². The highest BCUT2D eigenvalue weighted by Crippen LogP contribution is 2.21. The number of anilines is 2. The van der Waals surface area contributed by atoms with Gasteiger partial charge in [0.25, 0.3) is 5.91 Å². The average molecular weight is 300 g/mol. The molecule has 0 aromatic heterocycles. The summed E-state index contributed by atoms with van der Waals surface area (Å²) in [5, 5.41) is 22.3. The summed E-state index contributed by atoms with van der Waals surface area (Å²) in [7, 11) is 0. The lowest BCUT2D eigenvalue weighted by molar-refractivity contribution is 0.101. The minimum Gasteiger partial charge on any atom is -0.374 e. The van der Waals surface area contributed by atoms with Gasteiger partial charge >= 0.3 is 0 Å². The first-order valence-electron chi connectivity index (χ1n) is 7.10. The molecule has 1 amide bonds. The highest BCUT2D eigenvalue weighted by molar-refractivity contribution is 6.04. The minimum atomic E-state index is -0.868. The second-order valence-corrected chi connectivity index (χ2v) is 5.04. The molecule has 5 heteroatoms. The van der Waals surface area contributed by atoms with Crippen LogP contribution in [0.25, 0.3) is 0 Å². The first-order valence-corrected chi connectivity index (χ1v) is 7.10. The van der Waals surface area contributed by atoms with Crippen molar-refractivity contribution in [1.29, 1.82) is 0 Å². The number of hydrogen-bond acceptors (Lipinski definition) is 4. The predicted molar refractivity (Wildman–Crippen MR) is 86.7 cm³/mol. The molecule has 0 fully saturated rings. The van der Waals surface area contributed by atoms with E-state index in [-0.39, 0.29) is 5.91 Å². The molecular formula is C17H20N2O3. The van der Waals surface area contributed by atoms with E-state index < -0.39 is 12.5 Å². The molecular weight excluding hydrogens is 280 g/mol. The molecule has 0 saturated heterocycles. The number of amides is 1. The Balaban J connectivity index is 2.22. The van der Waals surface area contributed by atoms with Crippen molar-refractivity contribution in [3.8, 4) is 0 Å². The molecule has 2 rings (SSSR count).